The number of amides is 1. The smallest absolute Gasteiger partial charge is 0.235 e. The molecule has 12 heavy (non-hydrogen) atoms. The van der Waals surface area contributed by atoms with Crippen molar-refractivity contribution in [3.8, 4) is 0 Å². The van der Waals surface area contributed by atoms with Crippen LogP contribution in [0.1, 0.15) is 6.92 Å². The number of hydrogen-bond donors (Lipinski definition) is 0. The summed E-state index contributed by atoms with van der Waals surface area (Å²) in [5, 5.41) is 0.132. The topological polar surface area (TPSA) is 20.3 Å². The fourth-order valence-corrected chi connectivity index (χ4v) is 2.40. The van der Waals surface area contributed by atoms with Crippen molar-refractivity contribution in [3.05, 3.63) is 0 Å². The summed E-state index contributed by atoms with van der Waals surface area (Å²) in [6.45, 7) is 3.86. The minimum Gasteiger partial charge on any atom is -0.340 e. The molecular weight excluding hydrogens is 190 g/mol. The third-order valence-corrected chi connectivity index (χ3v) is 3.88. The van der Waals surface area contributed by atoms with Gasteiger partial charge in [0.2, 0.25) is 5.91 Å². The van der Waals surface area contributed by atoms with Gasteiger partial charge in [0.05, 0.1) is 5.25 Å². The molecule has 4 heteroatoms. The number of nitrogens with zero attached hydrogens (tertiary/aromatic N) is 1. The first-order valence-corrected chi connectivity index (χ1v) is 6.59. The highest BCUT2D eigenvalue weighted by atomic mass is 32.2. The van der Waals surface area contributed by atoms with Crippen LogP contribution < -0.4 is 0 Å². The molecule has 1 rings (SSSR count). The second kappa shape index (κ2) is 5.02. The van der Waals surface area contributed by atoms with Crippen LogP contribution in [0.15, 0.2) is 0 Å². The highest BCUT2D eigenvalue weighted by Crippen LogP contribution is 2.14. The van der Waals surface area contributed by atoms with Gasteiger partial charge in [0.15, 0.2) is 0 Å². The maximum absolute atomic E-state index is 11.6. The summed E-state index contributed by atoms with van der Waals surface area (Å²) >= 11 is 3.56. The predicted octanol–water partition coefficient (Wildman–Crippen LogP) is 1.31. The molecule has 1 saturated heterocycles. The fraction of sp³-hybridized carbons (Fsp3) is 0.875. The predicted molar refractivity (Wildman–Crippen MR) is 56.9 cm³/mol. The van der Waals surface area contributed by atoms with Gasteiger partial charge < -0.3 is 4.90 Å². The molecular formula is C8H15NOS2. The van der Waals surface area contributed by atoms with E-state index in [1.807, 2.05) is 29.8 Å². The highest BCUT2D eigenvalue weighted by molar-refractivity contribution is 8.00. The monoisotopic (exact) mass is 205 g/mol. The van der Waals surface area contributed by atoms with Gasteiger partial charge in [-0.15, -0.1) is 0 Å². The van der Waals surface area contributed by atoms with Gasteiger partial charge in [-0.05, 0) is 13.2 Å². The Morgan fingerprint density at radius 1 is 1.50 bits per heavy atom. The molecule has 0 radical (unpaired) electrons. The molecule has 0 saturated carbocycles. The van der Waals surface area contributed by atoms with Crippen LogP contribution in [0.3, 0.4) is 0 Å². The van der Waals surface area contributed by atoms with Crippen molar-refractivity contribution >= 4 is 29.4 Å². The lowest BCUT2D eigenvalue weighted by molar-refractivity contribution is -0.129. The Kier molecular flexibility index (Phi) is 4.29. The molecule has 1 unspecified atom stereocenters. The van der Waals surface area contributed by atoms with E-state index in [1.165, 1.54) is 0 Å². The molecule has 1 heterocycles. The quantitative estimate of drug-likeness (QED) is 0.678. The van der Waals surface area contributed by atoms with Crippen LogP contribution in [0.2, 0.25) is 0 Å². The van der Waals surface area contributed by atoms with Gasteiger partial charge in [-0.1, -0.05) is 0 Å². The highest BCUT2D eigenvalue weighted by Gasteiger charge is 2.20. The van der Waals surface area contributed by atoms with Gasteiger partial charge in [0.25, 0.3) is 0 Å². The lowest BCUT2D eigenvalue weighted by Gasteiger charge is -2.28. The second-order valence-corrected chi connectivity index (χ2v) is 5.22. The molecule has 0 N–H and O–H groups in total. The molecule has 0 bridgehead atoms. The van der Waals surface area contributed by atoms with Gasteiger partial charge >= 0.3 is 0 Å². The van der Waals surface area contributed by atoms with E-state index in [-0.39, 0.29) is 5.25 Å². The van der Waals surface area contributed by atoms with Crippen LogP contribution in [0, 0.1) is 0 Å². The summed E-state index contributed by atoms with van der Waals surface area (Å²) < 4.78 is 0. The average molecular weight is 205 g/mol. The van der Waals surface area contributed by atoms with Crippen LogP contribution in [0.25, 0.3) is 0 Å². The lowest BCUT2D eigenvalue weighted by Crippen LogP contribution is -2.41. The maximum atomic E-state index is 11.6. The summed E-state index contributed by atoms with van der Waals surface area (Å²) in [4.78, 5) is 13.6. The van der Waals surface area contributed by atoms with E-state index >= 15 is 0 Å². The summed E-state index contributed by atoms with van der Waals surface area (Å²) in [6.07, 6.45) is 1.99. The van der Waals surface area contributed by atoms with Crippen molar-refractivity contribution in [2.75, 3.05) is 30.9 Å². The van der Waals surface area contributed by atoms with E-state index in [1.54, 1.807) is 11.8 Å². The molecule has 2 nitrogen and oxygen atoms in total. The molecule has 0 spiro atoms. The minimum absolute atomic E-state index is 0.132. The molecule has 1 aliphatic heterocycles. The van der Waals surface area contributed by atoms with Gasteiger partial charge in [0, 0.05) is 24.6 Å². The van der Waals surface area contributed by atoms with Gasteiger partial charge in [0.1, 0.15) is 0 Å². The molecule has 1 fully saturated rings. The van der Waals surface area contributed by atoms with Gasteiger partial charge in [-0.3, -0.25) is 4.79 Å². The van der Waals surface area contributed by atoms with Crippen molar-refractivity contribution in [2.45, 2.75) is 12.2 Å². The first kappa shape index (κ1) is 10.3. The Balaban J connectivity index is 2.39. The molecule has 0 aromatic carbocycles. The van der Waals surface area contributed by atoms with Gasteiger partial charge in [-0.2, -0.15) is 23.5 Å². The van der Waals surface area contributed by atoms with Crippen molar-refractivity contribution < 1.29 is 4.79 Å². The Morgan fingerprint density at radius 3 is 2.58 bits per heavy atom. The Labute approximate surface area is 82.5 Å². The standard InChI is InChI=1S/C8H15NOS2/c1-7(11-2)8(10)9-3-5-12-6-4-9/h7H,3-6H2,1-2H3. The van der Waals surface area contributed by atoms with E-state index in [2.05, 4.69) is 0 Å². The minimum atomic E-state index is 0.132. The van der Waals surface area contributed by atoms with Crippen LogP contribution in [-0.2, 0) is 4.79 Å². The van der Waals surface area contributed by atoms with Crippen LogP contribution in [0.5, 0.6) is 0 Å². The lowest BCUT2D eigenvalue weighted by atomic mass is 10.4. The number of hydrogen-bond acceptors (Lipinski definition) is 3. The number of thioether (sulfide) groups is 2. The Morgan fingerprint density at radius 2 is 2.08 bits per heavy atom. The average Bonchev–Trinajstić information content (AvgIpc) is 2.17. The summed E-state index contributed by atoms with van der Waals surface area (Å²) in [5.74, 6) is 2.52. The third-order valence-electron chi connectivity index (χ3n) is 2.02. The number of carbonyl (C=O) groups excluding carboxylic acids is 1. The largest absolute Gasteiger partial charge is 0.340 e. The van der Waals surface area contributed by atoms with E-state index in [4.69, 9.17) is 0 Å². The zero-order chi connectivity index (χ0) is 8.97. The van der Waals surface area contributed by atoms with Crippen LogP contribution in [0.4, 0.5) is 0 Å². The maximum Gasteiger partial charge on any atom is 0.235 e. The normalized spacial score (nSPS) is 20.7. The summed E-state index contributed by atoms with van der Waals surface area (Å²) in [5.41, 5.74) is 0. The van der Waals surface area contributed by atoms with E-state index in [9.17, 15) is 4.79 Å². The molecule has 0 aliphatic carbocycles. The zero-order valence-corrected chi connectivity index (χ0v) is 9.21. The zero-order valence-electron chi connectivity index (χ0n) is 7.58. The summed E-state index contributed by atoms with van der Waals surface area (Å²) in [6, 6.07) is 0. The van der Waals surface area contributed by atoms with Crippen molar-refractivity contribution in [1.82, 2.24) is 4.90 Å². The number of rotatable bonds is 2. The Bertz CT molecular complexity index is 157. The number of carbonyl (C=O) groups is 1. The second-order valence-electron chi connectivity index (χ2n) is 2.82. The van der Waals surface area contributed by atoms with E-state index in [0.29, 0.717) is 5.91 Å². The van der Waals surface area contributed by atoms with Crippen molar-refractivity contribution in [2.24, 2.45) is 0 Å². The summed E-state index contributed by atoms with van der Waals surface area (Å²) in [7, 11) is 0. The van der Waals surface area contributed by atoms with E-state index in [0.717, 1.165) is 24.6 Å². The molecule has 1 aliphatic rings. The molecule has 0 aromatic rings. The van der Waals surface area contributed by atoms with Crippen LogP contribution >= 0.6 is 23.5 Å². The third kappa shape index (κ3) is 2.59. The van der Waals surface area contributed by atoms with Crippen molar-refractivity contribution in [3.63, 3.8) is 0 Å². The SMILES string of the molecule is CSC(C)C(=O)N1CCSCC1. The first-order chi connectivity index (χ1) is 5.75. The van der Waals surface area contributed by atoms with Crippen molar-refractivity contribution in [1.29, 1.82) is 0 Å². The fourth-order valence-electron chi connectivity index (χ4n) is 1.14. The van der Waals surface area contributed by atoms with Gasteiger partial charge in [-0.25, -0.2) is 0 Å². The molecule has 1 atom stereocenters. The van der Waals surface area contributed by atoms with E-state index < -0.39 is 0 Å². The van der Waals surface area contributed by atoms with Crippen LogP contribution in [-0.4, -0.2) is 46.9 Å². The molecule has 70 valence electrons. The molecule has 0 aromatic heterocycles. The first-order valence-electron chi connectivity index (χ1n) is 4.15. The Hall–Kier alpha value is 0.170. The molecule has 1 amide bonds.